The third-order valence-electron chi connectivity index (χ3n) is 3.98. The van der Waals surface area contributed by atoms with Crippen molar-refractivity contribution < 1.29 is 4.39 Å². The number of hydrogen-bond acceptors (Lipinski definition) is 2. The molecule has 0 spiro atoms. The Labute approximate surface area is 162 Å². The highest BCUT2D eigenvalue weighted by atomic mass is 35.5. The van der Waals surface area contributed by atoms with Crippen molar-refractivity contribution in [3.05, 3.63) is 82.9 Å². The highest BCUT2D eigenvalue weighted by molar-refractivity contribution is 6.30. The van der Waals surface area contributed by atoms with Crippen LogP contribution in [0.2, 0.25) is 5.02 Å². The van der Waals surface area contributed by atoms with E-state index in [9.17, 15) is 4.39 Å². The topological polar surface area (TPSA) is 54.2 Å². The van der Waals surface area contributed by atoms with Crippen LogP contribution in [-0.4, -0.2) is 29.3 Å². The van der Waals surface area contributed by atoms with Crippen molar-refractivity contribution in [2.24, 2.45) is 4.99 Å². The van der Waals surface area contributed by atoms with Crippen molar-refractivity contribution in [1.82, 2.24) is 20.4 Å². The first-order chi connectivity index (χ1) is 13.1. The van der Waals surface area contributed by atoms with Crippen LogP contribution in [0.3, 0.4) is 0 Å². The summed E-state index contributed by atoms with van der Waals surface area (Å²) in [5, 5.41) is 11.8. The molecule has 0 aliphatic heterocycles. The molecule has 3 aromatic rings. The van der Waals surface area contributed by atoms with Crippen molar-refractivity contribution in [2.75, 3.05) is 13.6 Å². The fraction of sp³-hybridized carbons (Fsp3) is 0.200. The number of guanidine groups is 1. The van der Waals surface area contributed by atoms with Crippen LogP contribution in [-0.2, 0) is 13.0 Å². The van der Waals surface area contributed by atoms with E-state index in [1.165, 1.54) is 12.1 Å². The van der Waals surface area contributed by atoms with E-state index < -0.39 is 0 Å². The molecule has 27 heavy (non-hydrogen) atoms. The van der Waals surface area contributed by atoms with E-state index >= 15 is 0 Å². The number of aromatic nitrogens is 2. The number of hydrogen-bond donors (Lipinski definition) is 2. The molecule has 0 saturated heterocycles. The molecule has 5 nitrogen and oxygen atoms in total. The first-order valence-electron chi connectivity index (χ1n) is 8.63. The number of halogens is 2. The minimum atomic E-state index is -0.257. The summed E-state index contributed by atoms with van der Waals surface area (Å²) in [6.07, 6.45) is 2.61. The summed E-state index contributed by atoms with van der Waals surface area (Å²) in [5.41, 5.74) is 2.86. The van der Waals surface area contributed by atoms with Crippen molar-refractivity contribution in [2.45, 2.75) is 13.0 Å². The zero-order valence-corrected chi connectivity index (χ0v) is 15.7. The zero-order chi connectivity index (χ0) is 19.1. The molecule has 2 aromatic carbocycles. The molecule has 2 N–H and O–H groups in total. The van der Waals surface area contributed by atoms with Gasteiger partial charge in [-0.25, -0.2) is 9.07 Å². The molecule has 0 radical (unpaired) electrons. The van der Waals surface area contributed by atoms with Crippen LogP contribution >= 0.6 is 11.6 Å². The molecule has 0 amide bonds. The van der Waals surface area contributed by atoms with Gasteiger partial charge in [0.15, 0.2) is 5.96 Å². The third kappa shape index (κ3) is 5.56. The van der Waals surface area contributed by atoms with Crippen molar-refractivity contribution in [3.8, 4) is 5.69 Å². The van der Waals surface area contributed by atoms with E-state index in [2.05, 4.69) is 20.7 Å². The molecule has 0 fully saturated rings. The average Bonchev–Trinajstić information content (AvgIpc) is 3.14. The Hall–Kier alpha value is -2.86. The SMILES string of the molecule is CN=C(NCCc1ccn(-c2ccc(F)cc2)n1)NCc1cccc(Cl)c1. The normalized spacial score (nSPS) is 11.4. The van der Waals surface area contributed by atoms with Gasteiger partial charge in [-0.05, 0) is 48.0 Å². The van der Waals surface area contributed by atoms with Crippen LogP contribution in [0.5, 0.6) is 0 Å². The highest BCUT2D eigenvalue weighted by Crippen LogP contribution is 2.10. The van der Waals surface area contributed by atoms with E-state index in [0.717, 1.165) is 23.4 Å². The number of nitrogens with zero attached hydrogens (tertiary/aromatic N) is 3. The maximum Gasteiger partial charge on any atom is 0.191 e. The smallest absolute Gasteiger partial charge is 0.191 e. The van der Waals surface area contributed by atoms with Crippen LogP contribution in [0.4, 0.5) is 4.39 Å². The Bertz CT molecular complexity index is 905. The van der Waals surface area contributed by atoms with Crippen LogP contribution in [0.1, 0.15) is 11.3 Å². The first kappa shape index (κ1) is 18.9. The molecular weight excluding hydrogens is 365 g/mol. The second-order valence-corrected chi connectivity index (χ2v) is 6.40. The Balaban J connectivity index is 1.47. The van der Waals surface area contributed by atoms with E-state index in [4.69, 9.17) is 11.6 Å². The van der Waals surface area contributed by atoms with Gasteiger partial charge in [-0.3, -0.25) is 4.99 Å². The summed E-state index contributed by atoms with van der Waals surface area (Å²) in [5.74, 6) is 0.458. The van der Waals surface area contributed by atoms with Crippen molar-refractivity contribution in [3.63, 3.8) is 0 Å². The fourth-order valence-electron chi connectivity index (χ4n) is 2.59. The van der Waals surface area contributed by atoms with Crippen molar-refractivity contribution >= 4 is 17.6 Å². The summed E-state index contributed by atoms with van der Waals surface area (Å²) in [7, 11) is 1.73. The predicted molar refractivity (Wildman–Crippen MR) is 107 cm³/mol. The van der Waals surface area contributed by atoms with Gasteiger partial charge in [0, 0.05) is 37.8 Å². The summed E-state index contributed by atoms with van der Waals surface area (Å²) in [6, 6.07) is 15.9. The summed E-state index contributed by atoms with van der Waals surface area (Å²) >= 11 is 6.00. The van der Waals surface area contributed by atoms with E-state index in [0.29, 0.717) is 24.1 Å². The number of nitrogens with one attached hydrogen (secondary N) is 2. The fourth-order valence-corrected chi connectivity index (χ4v) is 2.81. The number of benzene rings is 2. The maximum absolute atomic E-state index is 13.0. The van der Waals surface area contributed by atoms with Gasteiger partial charge in [0.05, 0.1) is 11.4 Å². The van der Waals surface area contributed by atoms with Gasteiger partial charge in [-0.15, -0.1) is 0 Å². The highest BCUT2D eigenvalue weighted by Gasteiger charge is 2.03. The van der Waals surface area contributed by atoms with Gasteiger partial charge in [-0.2, -0.15) is 5.10 Å². The number of rotatable bonds is 6. The largest absolute Gasteiger partial charge is 0.356 e. The molecule has 0 aliphatic carbocycles. The van der Waals surface area contributed by atoms with Crippen LogP contribution in [0.25, 0.3) is 5.69 Å². The first-order valence-corrected chi connectivity index (χ1v) is 9.01. The molecule has 0 unspecified atom stereocenters. The molecule has 0 bridgehead atoms. The molecule has 140 valence electrons. The Morgan fingerprint density at radius 1 is 1.15 bits per heavy atom. The van der Waals surface area contributed by atoms with Gasteiger partial charge in [0.2, 0.25) is 0 Å². The van der Waals surface area contributed by atoms with Crippen LogP contribution in [0, 0.1) is 5.82 Å². The summed E-state index contributed by atoms with van der Waals surface area (Å²) in [6.45, 7) is 1.33. The average molecular weight is 386 g/mol. The lowest BCUT2D eigenvalue weighted by Crippen LogP contribution is -2.37. The van der Waals surface area contributed by atoms with Crippen molar-refractivity contribution in [1.29, 1.82) is 0 Å². The third-order valence-corrected chi connectivity index (χ3v) is 4.22. The Morgan fingerprint density at radius 2 is 1.96 bits per heavy atom. The Kier molecular flexibility index (Phi) is 6.44. The monoisotopic (exact) mass is 385 g/mol. The number of aliphatic imine (C=N–C) groups is 1. The van der Waals surface area contributed by atoms with Gasteiger partial charge < -0.3 is 10.6 Å². The standard InChI is InChI=1S/C20H21ClFN5/c1-23-20(25-14-15-3-2-4-16(21)13-15)24-11-9-18-10-12-27(26-18)19-7-5-17(22)6-8-19/h2-8,10,12-13H,9,11,14H2,1H3,(H2,23,24,25). The lowest BCUT2D eigenvalue weighted by molar-refractivity contribution is 0.627. The lowest BCUT2D eigenvalue weighted by Gasteiger charge is -2.11. The van der Waals surface area contributed by atoms with Crippen LogP contribution in [0.15, 0.2) is 65.8 Å². The molecule has 1 heterocycles. The van der Waals surface area contributed by atoms with E-state index in [1.807, 2.05) is 36.5 Å². The molecule has 0 saturated carbocycles. The van der Waals surface area contributed by atoms with Gasteiger partial charge >= 0.3 is 0 Å². The zero-order valence-electron chi connectivity index (χ0n) is 15.0. The molecule has 1 aromatic heterocycles. The lowest BCUT2D eigenvalue weighted by atomic mass is 10.2. The Morgan fingerprint density at radius 3 is 2.70 bits per heavy atom. The summed E-state index contributed by atoms with van der Waals surface area (Å²) < 4.78 is 14.7. The van der Waals surface area contributed by atoms with E-state index in [-0.39, 0.29) is 5.82 Å². The quantitative estimate of drug-likeness (QED) is 0.503. The van der Waals surface area contributed by atoms with Crippen LogP contribution < -0.4 is 10.6 Å². The molecule has 0 aliphatic rings. The van der Waals surface area contributed by atoms with Gasteiger partial charge in [0.25, 0.3) is 0 Å². The minimum absolute atomic E-state index is 0.257. The van der Waals surface area contributed by atoms with E-state index in [1.54, 1.807) is 23.9 Å². The second kappa shape index (κ2) is 9.19. The minimum Gasteiger partial charge on any atom is -0.356 e. The molecule has 0 atom stereocenters. The maximum atomic E-state index is 13.0. The molecular formula is C20H21ClFN5. The van der Waals surface area contributed by atoms with Gasteiger partial charge in [0.1, 0.15) is 5.82 Å². The van der Waals surface area contributed by atoms with Gasteiger partial charge in [-0.1, -0.05) is 23.7 Å². The predicted octanol–water partition coefficient (Wildman–Crippen LogP) is 3.57. The summed E-state index contributed by atoms with van der Waals surface area (Å²) in [4.78, 5) is 4.22. The molecule has 7 heteroatoms. The second-order valence-electron chi connectivity index (χ2n) is 5.96. The molecule has 3 rings (SSSR count).